The lowest BCUT2D eigenvalue weighted by atomic mass is 10.2. The zero-order valence-corrected chi connectivity index (χ0v) is 9.96. The lowest BCUT2D eigenvalue weighted by molar-refractivity contribution is 0.417. The van der Waals surface area contributed by atoms with Gasteiger partial charge in [0.05, 0.1) is 17.8 Å². The molecule has 0 aliphatic carbocycles. The molecule has 0 bridgehead atoms. The van der Waals surface area contributed by atoms with Gasteiger partial charge in [-0.15, -0.1) is 0 Å². The van der Waals surface area contributed by atoms with E-state index in [2.05, 4.69) is 5.32 Å². The van der Waals surface area contributed by atoms with E-state index in [-0.39, 0.29) is 5.82 Å². The molecule has 2 aromatic carbocycles. The first-order valence-corrected chi connectivity index (χ1v) is 5.43. The first-order valence-electron chi connectivity index (χ1n) is 5.06. The van der Waals surface area contributed by atoms with Crippen molar-refractivity contribution in [1.29, 1.82) is 0 Å². The fourth-order valence-corrected chi connectivity index (χ4v) is 1.76. The molecule has 0 unspecified atom stereocenters. The molecule has 2 aromatic rings. The fourth-order valence-electron chi connectivity index (χ4n) is 1.50. The van der Waals surface area contributed by atoms with Crippen LogP contribution in [0.4, 0.5) is 15.8 Å². The first-order chi connectivity index (χ1) is 8.20. The molecule has 0 heterocycles. The Kier molecular flexibility index (Phi) is 3.49. The van der Waals surface area contributed by atoms with Crippen molar-refractivity contribution in [3.63, 3.8) is 0 Å². The van der Waals surface area contributed by atoms with E-state index < -0.39 is 0 Å². The topological polar surface area (TPSA) is 21.3 Å². The van der Waals surface area contributed by atoms with Gasteiger partial charge in [-0.05, 0) is 36.4 Å². The molecule has 0 spiro atoms. The molecular weight excluding hydrogens is 241 g/mol. The monoisotopic (exact) mass is 251 g/mol. The molecule has 0 amide bonds. The highest BCUT2D eigenvalue weighted by atomic mass is 35.5. The summed E-state index contributed by atoms with van der Waals surface area (Å²) in [5, 5.41) is 3.64. The van der Waals surface area contributed by atoms with Crippen molar-refractivity contribution in [2.75, 3.05) is 12.4 Å². The summed E-state index contributed by atoms with van der Waals surface area (Å²) in [6.45, 7) is 0. The minimum Gasteiger partial charge on any atom is -0.493 e. The Balaban J connectivity index is 2.29. The van der Waals surface area contributed by atoms with E-state index in [4.69, 9.17) is 16.3 Å². The van der Waals surface area contributed by atoms with Crippen molar-refractivity contribution in [3.8, 4) is 5.75 Å². The Bertz CT molecular complexity index is 513. The largest absolute Gasteiger partial charge is 0.493 e. The summed E-state index contributed by atoms with van der Waals surface area (Å²) in [5.74, 6) is 0.298. The molecule has 0 aliphatic rings. The lowest BCUT2D eigenvalue weighted by Gasteiger charge is -2.12. The van der Waals surface area contributed by atoms with Gasteiger partial charge >= 0.3 is 0 Å². The quantitative estimate of drug-likeness (QED) is 0.881. The van der Waals surface area contributed by atoms with Crippen molar-refractivity contribution < 1.29 is 9.13 Å². The van der Waals surface area contributed by atoms with Crippen molar-refractivity contribution in [2.45, 2.75) is 0 Å². The zero-order chi connectivity index (χ0) is 12.3. The van der Waals surface area contributed by atoms with Crippen LogP contribution in [-0.4, -0.2) is 7.11 Å². The van der Waals surface area contributed by atoms with E-state index in [1.807, 2.05) is 12.1 Å². The summed E-state index contributed by atoms with van der Waals surface area (Å²) >= 11 is 6.00. The third kappa shape index (κ3) is 2.68. The van der Waals surface area contributed by atoms with Crippen LogP contribution in [-0.2, 0) is 0 Å². The summed E-state index contributed by atoms with van der Waals surface area (Å²) in [5.41, 5.74) is 1.51. The second-order valence-electron chi connectivity index (χ2n) is 3.45. The predicted octanol–water partition coefficient (Wildman–Crippen LogP) is 4.23. The molecule has 0 aliphatic heterocycles. The van der Waals surface area contributed by atoms with E-state index in [0.717, 1.165) is 11.4 Å². The van der Waals surface area contributed by atoms with Gasteiger partial charge in [-0.25, -0.2) is 4.39 Å². The van der Waals surface area contributed by atoms with E-state index >= 15 is 0 Å². The molecule has 0 fully saturated rings. The van der Waals surface area contributed by atoms with Crippen LogP contribution in [0.1, 0.15) is 0 Å². The van der Waals surface area contributed by atoms with E-state index in [0.29, 0.717) is 10.8 Å². The second-order valence-corrected chi connectivity index (χ2v) is 3.86. The minimum atomic E-state index is -0.270. The van der Waals surface area contributed by atoms with E-state index in [1.54, 1.807) is 25.3 Å². The molecular formula is C13H11ClFNO. The van der Waals surface area contributed by atoms with Gasteiger partial charge in [0, 0.05) is 5.69 Å². The van der Waals surface area contributed by atoms with Crippen LogP contribution < -0.4 is 10.1 Å². The summed E-state index contributed by atoms with van der Waals surface area (Å²) in [4.78, 5) is 0. The average Bonchev–Trinajstić information content (AvgIpc) is 2.32. The Morgan fingerprint density at radius 2 is 1.82 bits per heavy atom. The van der Waals surface area contributed by atoms with Crippen LogP contribution >= 0.6 is 11.6 Å². The highest BCUT2D eigenvalue weighted by molar-refractivity contribution is 6.32. The molecule has 1 N–H and O–H groups in total. The third-order valence-corrected chi connectivity index (χ3v) is 2.59. The number of hydrogen-bond acceptors (Lipinski definition) is 2. The normalized spacial score (nSPS) is 10.1. The molecule has 0 saturated carbocycles. The summed E-state index contributed by atoms with van der Waals surface area (Å²) in [7, 11) is 1.55. The number of ether oxygens (including phenoxy) is 1. The molecule has 17 heavy (non-hydrogen) atoms. The Morgan fingerprint density at radius 3 is 2.47 bits per heavy atom. The molecule has 0 aromatic heterocycles. The molecule has 2 nitrogen and oxygen atoms in total. The van der Waals surface area contributed by atoms with Gasteiger partial charge in [0.15, 0.2) is 5.75 Å². The number of anilines is 2. The van der Waals surface area contributed by atoms with Crippen LogP contribution in [0.15, 0.2) is 42.5 Å². The number of nitrogens with one attached hydrogen (secondary N) is 1. The number of benzene rings is 2. The van der Waals surface area contributed by atoms with Crippen LogP contribution in [0.2, 0.25) is 5.02 Å². The summed E-state index contributed by atoms with van der Waals surface area (Å²) in [6, 6.07) is 11.5. The molecule has 0 saturated heterocycles. The SMILES string of the molecule is COc1c(Cl)cccc1Nc1ccc(F)cc1. The lowest BCUT2D eigenvalue weighted by Crippen LogP contribution is -1.95. The number of para-hydroxylation sites is 1. The van der Waals surface area contributed by atoms with E-state index in [1.165, 1.54) is 12.1 Å². The maximum absolute atomic E-state index is 12.8. The highest BCUT2D eigenvalue weighted by Gasteiger charge is 2.07. The van der Waals surface area contributed by atoms with Gasteiger partial charge in [0.1, 0.15) is 5.82 Å². The number of methoxy groups -OCH3 is 1. The first kappa shape index (κ1) is 11.7. The maximum Gasteiger partial charge on any atom is 0.160 e. The highest BCUT2D eigenvalue weighted by Crippen LogP contribution is 2.34. The molecule has 88 valence electrons. The average molecular weight is 252 g/mol. The van der Waals surface area contributed by atoms with Crippen LogP contribution in [0.5, 0.6) is 5.75 Å². The second kappa shape index (κ2) is 5.06. The van der Waals surface area contributed by atoms with E-state index in [9.17, 15) is 4.39 Å². The van der Waals surface area contributed by atoms with Crippen LogP contribution in [0, 0.1) is 5.82 Å². The number of rotatable bonds is 3. The zero-order valence-electron chi connectivity index (χ0n) is 9.21. The van der Waals surface area contributed by atoms with Gasteiger partial charge in [-0.1, -0.05) is 17.7 Å². The summed E-state index contributed by atoms with van der Waals surface area (Å²) in [6.07, 6.45) is 0. The number of hydrogen-bond donors (Lipinski definition) is 1. The standard InChI is InChI=1S/C13H11ClFNO/c1-17-13-11(14)3-2-4-12(13)16-10-7-5-9(15)6-8-10/h2-8,16H,1H3. The smallest absolute Gasteiger partial charge is 0.160 e. The van der Waals surface area contributed by atoms with Gasteiger partial charge in [-0.3, -0.25) is 0 Å². The molecule has 2 rings (SSSR count). The van der Waals surface area contributed by atoms with Crippen LogP contribution in [0.3, 0.4) is 0 Å². The van der Waals surface area contributed by atoms with Gasteiger partial charge in [0.2, 0.25) is 0 Å². The summed E-state index contributed by atoms with van der Waals surface area (Å²) < 4.78 is 18.0. The Labute approximate surface area is 104 Å². The van der Waals surface area contributed by atoms with Crippen LogP contribution in [0.25, 0.3) is 0 Å². The third-order valence-electron chi connectivity index (χ3n) is 2.29. The molecule has 0 radical (unpaired) electrons. The van der Waals surface area contributed by atoms with Crippen molar-refractivity contribution in [2.24, 2.45) is 0 Å². The van der Waals surface area contributed by atoms with Crippen molar-refractivity contribution in [1.82, 2.24) is 0 Å². The number of halogens is 2. The predicted molar refractivity (Wildman–Crippen MR) is 67.7 cm³/mol. The maximum atomic E-state index is 12.8. The Morgan fingerprint density at radius 1 is 1.12 bits per heavy atom. The van der Waals surface area contributed by atoms with Gasteiger partial charge in [-0.2, -0.15) is 0 Å². The molecule has 0 atom stereocenters. The van der Waals surface area contributed by atoms with Crippen molar-refractivity contribution in [3.05, 3.63) is 53.3 Å². The van der Waals surface area contributed by atoms with Gasteiger partial charge in [0.25, 0.3) is 0 Å². The minimum absolute atomic E-state index is 0.270. The van der Waals surface area contributed by atoms with Gasteiger partial charge < -0.3 is 10.1 Å². The fraction of sp³-hybridized carbons (Fsp3) is 0.0769. The Hall–Kier alpha value is -1.74. The molecule has 4 heteroatoms. The van der Waals surface area contributed by atoms with Crippen molar-refractivity contribution >= 4 is 23.0 Å².